The van der Waals surface area contributed by atoms with Crippen LogP contribution < -0.4 is 11.1 Å². The van der Waals surface area contributed by atoms with Crippen LogP contribution in [0.25, 0.3) is 0 Å². The molecule has 0 aliphatic rings. The molecule has 0 heterocycles. The predicted molar refractivity (Wildman–Crippen MR) is 74.7 cm³/mol. The Bertz CT molecular complexity index is 638. The number of carbonyl (C=O) groups excluding carboxylic acids is 1. The summed E-state index contributed by atoms with van der Waals surface area (Å²) in [6.45, 7) is 3.88. The molecule has 0 bridgehead atoms. The van der Waals surface area contributed by atoms with E-state index in [0.29, 0.717) is 5.69 Å². The minimum Gasteiger partial charge on any atom is -0.396 e. The molecule has 1 amide bonds. The molecule has 0 aliphatic heterocycles. The van der Waals surface area contributed by atoms with Gasteiger partial charge in [-0.1, -0.05) is 18.2 Å². The maximum Gasteiger partial charge on any atom is 0.257 e. The number of rotatable bonds is 2. The third-order valence-electron chi connectivity index (χ3n) is 3.15. The number of hydrogen-bond acceptors (Lipinski definition) is 2. The van der Waals surface area contributed by atoms with E-state index in [1.54, 1.807) is 6.07 Å². The lowest BCUT2D eigenvalue weighted by atomic mass is 10.1. The third kappa shape index (κ3) is 2.57. The summed E-state index contributed by atoms with van der Waals surface area (Å²) in [7, 11) is 0. The molecule has 0 atom stereocenters. The Morgan fingerprint density at radius 2 is 1.84 bits per heavy atom. The Hall–Kier alpha value is -2.36. The fourth-order valence-electron chi connectivity index (χ4n) is 1.81. The molecule has 2 rings (SSSR count). The van der Waals surface area contributed by atoms with E-state index >= 15 is 0 Å². The molecule has 0 spiro atoms. The first-order valence-electron chi connectivity index (χ1n) is 5.92. The number of nitrogens with two attached hydrogens (primary N) is 1. The number of anilines is 2. The second kappa shape index (κ2) is 5.10. The number of benzene rings is 2. The highest BCUT2D eigenvalue weighted by Gasteiger charge is 2.13. The van der Waals surface area contributed by atoms with Crippen LogP contribution in [-0.4, -0.2) is 5.91 Å². The summed E-state index contributed by atoms with van der Waals surface area (Å²) in [6.07, 6.45) is 0. The smallest absolute Gasteiger partial charge is 0.257 e. The highest BCUT2D eigenvalue weighted by molar-refractivity contribution is 6.08. The molecule has 19 heavy (non-hydrogen) atoms. The Morgan fingerprint density at radius 1 is 1.16 bits per heavy atom. The van der Waals surface area contributed by atoms with Crippen molar-refractivity contribution in [2.75, 3.05) is 11.1 Å². The van der Waals surface area contributed by atoms with Gasteiger partial charge in [-0.15, -0.1) is 0 Å². The summed E-state index contributed by atoms with van der Waals surface area (Å²) in [6, 6.07) is 9.80. The van der Waals surface area contributed by atoms with E-state index in [4.69, 9.17) is 5.73 Å². The fourth-order valence-corrected chi connectivity index (χ4v) is 1.81. The van der Waals surface area contributed by atoms with Crippen LogP contribution in [0.4, 0.5) is 15.8 Å². The summed E-state index contributed by atoms with van der Waals surface area (Å²) < 4.78 is 13.3. The summed E-state index contributed by atoms with van der Waals surface area (Å²) in [5.74, 6) is -1.00. The number of carbonyl (C=O) groups is 1. The molecule has 0 aliphatic carbocycles. The lowest BCUT2D eigenvalue weighted by Crippen LogP contribution is -2.15. The monoisotopic (exact) mass is 258 g/mol. The zero-order chi connectivity index (χ0) is 14.0. The van der Waals surface area contributed by atoms with Crippen LogP contribution in [0.5, 0.6) is 0 Å². The van der Waals surface area contributed by atoms with Crippen LogP contribution in [0.2, 0.25) is 0 Å². The van der Waals surface area contributed by atoms with Crippen molar-refractivity contribution in [3.63, 3.8) is 0 Å². The first kappa shape index (κ1) is 13.1. The fraction of sp³-hybridized carbons (Fsp3) is 0.133. The molecule has 0 saturated carbocycles. The number of aryl methyl sites for hydroxylation is 1. The van der Waals surface area contributed by atoms with Gasteiger partial charge < -0.3 is 11.1 Å². The largest absolute Gasteiger partial charge is 0.396 e. The summed E-state index contributed by atoms with van der Waals surface area (Å²) in [5.41, 5.74) is 8.33. The molecule has 0 unspecified atom stereocenters. The minimum atomic E-state index is -0.589. The zero-order valence-corrected chi connectivity index (χ0v) is 10.8. The Morgan fingerprint density at radius 3 is 2.58 bits per heavy atom. The van der Waals surface area contributed by atoms with Gasteiger partial charge in [0.05, 0.1) is 11.3 Å². The Kier molecular flexibility index (Phi) is 3.51. The van der Waals surface area contributed by atoms with Crippen molar-refractivity contribution in [2.45, 2.75) is 13.8 Å². The van der Waals surface area contributed by atoms with Gasteiger partial charge in [-0.05, 0) is 43.2 Å². The maximum atomic E-state index is 13.3. The third-order valence-corrected chi connectivity index (χ3v) is 3.15. The lowest BCUT2D eigenvalue weighted by molar-refractivity contribution is 0.102. The molecular weight excluding hydrogens is 243 g/mol. The van der Waals surface area contributed by atoms with Crippen LogP contribution in [0, 0.1) is 19.7 Å². The van der Waals surface area contributed by atoms with E-state index in [1.807, 2.05) is 26.0 Å². The van der Waals surface area contributed by atoms with Crippen molar-refractivity contribution < 1.29 is 9.18 Å². The number of amides is 1. The van der Waals surface area contributed by atoms with Crippen LogP contribution in [-0.2, 0) is 0 Å². The van der Waals surface area contributed by atoms with Crippen molar-refractivity contribution >= 4 is 17.3 Å². The first-order chi connectivity index (χ1) is 9.00. The SMILES string of the molecule is Cc1cccc(NC(=O)c2cccc(F)c2N)c1C. The normalized spacial score (nSPS) is 10.3. The number of nitrogens with one attached hydrogen (secondary N) is 1. The molecule has 0 radical (unpaired) electrons. The average molecular weight is 258 g/mol. The Labute approximate surface area is 111 Å². The van der Waals surface area contributed by atoms with Crippen LogP contribution in [0.1, 0.15) is 21.5 Å². The molecule has 0 saturated heterocycles. The molecule has 3 nitrogen and oxygen atoms in total. The van der Waals surface area contributed by atoms with Gasteiger partial charge in [-0.3, -0.25) is 4.79 Å². The van der Waals surface area contributed by atoms with Gasteiger partial charge in [0.1, 0.15) is 5.82 Å². The van der Waals surface area contributed by atoms with E-state index in [2.05, 4.69) is 5.32 Å². The van der Waals surface area contributed by atoms with Crippen LogP contribution in [0.15, 0.2) is 36.4 Å². The summed E-state index contributed by atoms with van der Waals surface area (Å²) in [5, 5.41) is 2.75. The maximum absolute atomic E-state index is 13.3. The lowest BCUT2D eigenvalue weighted by Gasteiger charge is -2.11. The quantitative estimate of drug-likeness (QED) is 0.812. The summed E-state index contributed by atoms with van der Waals surface area (Å²) >= 11 is 0. The molecule has 0 aromatic heterocycles. The summed E-state index contributed by atoms with van der Waals surface area (Å²) in [4.78, 5) is 12.1. The van der Waals surface area contributed by atoms with Gasteiger partial charge in [0, 0.05) is 5.69 Å². The second-order valence-electron chi connectivity index (χ2n) is 4.40. The first-order valence-corrected chi connectivity index (χ1v) is 5.92. The highest BCUT2D eigenvalue weighted by Crippen LogP contribution is 2.21. The van der Waals surface area contributed by atoms with Crippen molar-refractivity contribution in [1.29, 1.82) is 0 Å². The van der Waals surface area contributed by atoms with Crippen LogP contribution >= 0.6 is 0 Å². The molecular formula is C15H15FN2O. The van der Waals surface area contributed by atoms with E-state index in [1.165, 1.54) is 18.2 Å². The molecule has 98 valence electrons. The molecule has 0 fully saturated rings. The second-order valence-corrected chi connectivity index (χ2v) is 4.40. The van der Waals surface area contributed by atoms with E-state index in [0.717, 1.165) is 11.1 Å². The molecule has 2 aromatic rings. The average Bonchev–Trinajstić information content (AvgIpc) is 2.38. The topological polar surface area (TPSA) is 55.1 Å². The van der Waals surface area contributed by atoms with Gasteiger partial charge in [0.15, 0.2) is 0 Å². The number of para-hydroxylation sites is 1. The number of hydrogen-bond donors (Lipinski definition) is 2. The van der Waals surface area contributed by atoms with Gasteiger partial charge in [0.25, 0.3) is 5.91 Å². The van der Waals surface area contributed by atoms with Gasteiger partial charge in [-0.25, -0.2) is 4.39 Å². The van der Waals surface area contributed by atoms with Crippen molar-refractivity contribution in [2.24, 2.45) is 0 Å². The van der Waals surface area contributed by atoms with E-state index < -0.39 is 11.7 Å². The standard InChI is InChI=1S/C15H15FN2O/c1-9-5-3-8-13(10(9)2)18-15(19)11-6-4-7-12(16)14(11)17/h3-8H,17H2,1-2H3,(H,18,19). The van der Waals surface area contributed by atoms with Gasteiger partial charge >= 0.3 is 0 Å². The van der Waals surface area contributed by atoms with Gasteiger partial charge in [0.2, 0.25) is 0 Å². The van der Waals surface area contributed by atoms with Crippen LogP contribution in [0.3, 0.4) is 0 Å². The number of halogens is 1. The van der Waals surface area contributed by atoms with Crippen molar-refractivity contribution in [3.8, 4) is 0 Å². The van der Waals surface area contributed by atoms with Gasteiger partial charge in [-0.2, -0.15) is 0 Å². The molecule has 2 aromatic carbocycles. The highest BCUT2D eigenvalue weighted by atomic mass is 19.1. The van der Waals surface area contributed by atoms with Crippen molar-refractivity contribution in [1.82, 2.24) is 0 Å². The number of nitrogen functional groups attached to an aromatic ring is 1. The zero-order valence-electron chi connectivity index (χ0n) is 10.8. The predicted octanol–water partition coefficient (Wildman–Crippen LogP) is 3.28. The molecule has 4 heteroatoms. The van der Waals surface area contributed by atoms with Crippen molar-refractivity contribution in [3.05, 3.63) is 58.9 Å². The molecule has 3 N–H and O–H groups in total. The van der Waals surface area contributed by atoms with E-state index in [9.17, 15) is 9.18 Å². The minimum absolute atomic E-state index is 0.134. The van der Waals surface area contributed by atoms with E-state index in [-0.39, 0.29) is 11.3 Å². The Balaban J connectivity index is 2.31.